The van der Waals surface area contributed by atoms with Crippen LogP contribution in [0.25, 0.3) is 0 Å². The van der Waals surface area contributed by atoms with Gasteiger partial charge >= 0.3 is 0 Å². The molecule has 5 nitrogen and oxygen atoms in total. The maximum atomic E-state index is 12.0. The van der Waals surface area contributed by atoms with Crippen LogP contribution in [0.5, 0.6) is 0 Å². The Hall–Kier alpha value is -1.70. The van der Waals surface area contributed by atoms with Crippen LogP contribution in [0.1, 0.15) is 15.9 Å². The van der Waals surface area contributed by atoms with Gasteiger partial charge in [-0.1, -0.05) is 15.9 Å². The largest absolute Gasteiger partial charge is 0.322 e. The molecule has 0 radical (unpaired) electrons. The van der Waals surface area contributed by atoms with Crippen molar-refractivity contribution >= 4 is 37.5 Å². The molecule has 0 heterocycles. The van der Waals surface area contributed by atoms with Gasteiger partial charge in [0.15, 0.2) is 0 Å². The van der Waals surface area contributed by atoms with Crippen LogP contribution in [0, 0.1) is 6.92 Å². The Balaban J connectivity index is 2.22. The van der Waals surface area contributed by atoms with Crippen LogP contribution in [0.4, 0.5) is 5.69 Å². The zero-order valence-corrected chi connectivity index (χ0v) is 13.5. The molecule has 0 aliphatic carbocycles. The second kappa shape index (κ2) is 5.97. The predicted octanol–water partition coefficient (Wildman–Crippen LogP) is 2.66. The van der Waals surface area contributed by atoms with Crippen LogP contribution in [0.3, 0.4) is 0 Å². The van der Waals surface area contributed by atoms with E-state index in [1.165, 1.54) is 12.1 Å². The third-order valence-corrected chi connectivity index (χ3v) is 4.45. The van der Waals surface area contributed by atoms with Crippen molar-refractivity contribution in [3.8, 4) is 0 Å². The molecule has 110 valence electrons. The number of carbonyl (C=O) groups excluding carboxylic acids is 1. The molecule has 0 atom stereocenters. The highest BCUT2D eigenvalue weighted by Gasteiger charge is 2.12. The van der Waals surface area contributed by atoms with Crippen molar-refractivity contribution in [2.45, 2.75) is 11.8 Å². The van der Waals surface area contributed by atoms with E-state index in [4.69, 9.17) is 5.14 Å². The third kappa shape index (κ3) is 3.90. The zero-order valence-electron chi connectivity index (χ0n) is 11.1. The van der Waals surface area contributed by atoms with Gasteiger partial charge in [0.25, 0.3) is 5.91 Å². The van der Waals surface area contributed by atoms with E-state index in [-0.39, 0.29) is 10.8 Å². The predicted molar refractivity (Wildman–Crippen MR) is 84.6 cm³/mol. The van der Waals surface area contributed by atoms with Gasteiger partial charge in [-0.25, -0.2) is 13.6 Å². The Labute approximate surface area is 131 Å². The minimum absolute atomic E-state index is 0.0455. The lowest BCUT2D eigenvalue weighted by atomic mass is 10.2. The lowest BCUT2D eigenvalue weighted by molar-refractivity contribution is 0.102. The molecule has 3 N–H and O–H groups in total. The molecule has 0 saturated heterocycles. The van der Waals surface area contributed by atoms with E-state index in [9.17, 15) is 13.2 Å². The number of aryl methyl sites for hydroxylation is 1. The molecule has 0 unspecified atom stereocenters. The lowest BCUT2D eigenvalue weighted by Crippen LogP contribution is -2.15. The lowest BCUT2D eigenvalue weighted by Gasteiger charge is -2.09. The number of nitrogens with two attached hydrogens (primary N) is 1. The topological polar surface area (TPSA) is 89.3 Å². The number of hydrogen-bond acceptors (Lipinski definition) is 3. The Morgan fingerprint density at radius 3 is 2.29 bits per heavy atom. The number of amides is 1. The minimum Gasteiger partial charge on any atom is -0.322 e. The summed E-state index contributed by atoms with van der Waals surface area (Å²) < 4.78 is 23.5. The standard InChI is InChI=1S/C14H13BrN2O3S/c1-9-8-12(6-7-13(9)21(16,19)20)17-14(18)10-2-4-11(15)5-3-10/h2-8H,1H3,(H,17,18)(H2,16,19,20). The number of sulfonamides is 1. The van der Waals surface area contributed by atoms with Crippen LogP contribution in [-0.4, -0.2) is 14.3 Å². The van der Waals surface area contributed by atoms with Crippen molar-refractivity contribution in [3.63, 3.8) is 0 Å². The Bertz CT molecular complexity index is 786. The van der Waals surface area contributed by atoms with E-state index in [0.29, 0.717) is 16.8 Å². The SMILES string of the molecule is Cc1cc(NC(=O)c2ccc(Br)cc2)ccc1S(N)(=O)=O. The van der Waals surface area contributed by atoms with E-state index in [0.717, 1.165) is 4.47 Å². The average molecular weight is 369 g/mol. The number of halogens is 1. The van der Waals surface area contributed by atoms with E-state index in [1.807, 2.05) is 0 Å². The van der Waals surface area contributed by atoms with Crippen molar-refractivity contribution in [1.82, 2.24) is 0 Å². The van der Waals surface area contributed by atoms with E-state index in [2.05, 4.69) is 21.2 Å². The highest BCUT2D eigenvalue weighted by atomic mass is 79.9. The van der Waals surface area contributed by atoms with Crippen molar-refractivity contribution in [2.75, 3.05) is 5.32 Å². The molecule has 0 aromatic heterocycles. The molecule has 0 fully saturated rings. The summed E-state index contributed by atoms with van der Waals surface area (Å²) in [5, 5.41) is 7.80. The molecule has 7 heteroatoms. The van der Waals surface area contributed by atoms with Gasteiger partial charge in [-0.2, -0.15) is 0 Å². The van der Waals surface area contributed by atoms with Crippen LogP contribution in [-0.2, 0) is 10.0 Å². The summed E-state index contributed by atoms with van der Waals surface area (Å²) in [6.45, 7) is 1.62. The summed E-state index contributed by atoms with van der Waals surface area (Å²) in [5.41, 5.74) is 1.49. The molecule has 2 aromatic rings. The highest BCUT2D eigenvalue weighted by molar-refractivity contribution is 9.10. The molecule has 0 spiro atoms. The van der Waals surface area contributed by atoms with Gasteiger partial charge < -0.3 is 5.32 Å². The first-order chi connectivity index (χ1) is 9.77. The van der Waals surface area contributed by atoms with E-state index >= 15 is 0 Å². The summed E-state index contributed by atoms with van der Waals surface area (Å²) in [7, 11) is -3.75. The summed E-state index contributed by atoms with van der Waals surface area (Å²) in [6.07, 6.45) is 0. The number of nitrogens with one attached hydrogen (secondary N) is 1. The monoisotopic (exact) mass is 368 g/mol. The van der Waals surface area contributed by atoms with Gasteiger partial charge in [0.05, 0.1) is 4.90 Å². The first kappa shape index (κ1) is 15.7. The average Bonchev–Trinajstić information content (AvgIpc) is 2.37. The number of carbonyl (C=O) groups is 1. The van der Waals surface area contributed by atoms with Gasteiger partial charge in [-0.15, -0.1) is 0 Å². The maximum Gasteiger partial charge on any atom is 0.255 e. The van der Waals surface area contributed by atoms with Gasteiger partial charge in [0.1, 0.15) is 0 Å². The molecular weight excluding hydrogens is 356 g/mol. The molecule has 0 aliphatic heterocycles. The van der Waals surface area contributed by atoms with Crippen LogP contribution in [0.15, 0.2) is 51.8 Å². The Morgan fingerprint density at radius 1 is 1.14 bits per heavy atom. The molecule has 0 aliphatic rings. The zero-order chi connectivity index (χ0) is 15.6. The first-order valence-electron chi connectivity index (χ1n) is 5.98. The summed E-state index contributed by atoms with van der Waals surface area (Å²) in [5.74, 6) is -0.273. The molecule has 1 amide bonds. The Morgan fingerprint density at radius 2 is 1.76 bits per heavy atom. The van der Waals surface area contributed by atoms with E-state index in [1.54, 1.807) is 37.3 Å². The van der Waals surface area contributed by atoms with E-state index < -0.39 is 10.0 Å². The van der Waals surface area contributed by atoms with Crippen molar-refractivity contribution < 1.29 is 13.2 Å². The molecule has 0 saturated carbocycles. The van der Waals surface area contributed by atoms with Crippen molar-refractivity contribution in [1.29, 1.82) is 0 Å². The maximum absolute atomic E-state index is 12.0. The fourth-order valence-electron chi connectivity index (χ4n) is 1.85. The minimum atomic E-state index is -3.75. The van der Waals surface area contributed by atoms with Gasteiger partial charge in [-0.3, -0.25) is 4.79 Å². The summed E-state index contributed by atoms with van der Waals surface area (Å²) in [6, 6.07) is 11.4. The number of benzene rings is 2. The quantitative estimate of drug-likeness (QED) is 0.872. The normalized spacial score (nSPS) is 11.2. The summed E-state index contributed by atoms with van der Waals surface area (Å²) in [4.78, 5) is 12.1. The van der Waals surface area contributed by atoms with Gasteiger partial charge in [-0.05, 0) is 55.0 Å². The molecule has 2 aromatic carbocycles. The highest BCUT2D eigenvalue weighted by Crippen LogP contribution is 2.19. The smallest absolute Gasteiger partial charge is 0.255 e. The molecule has 21 heavy (non-hydrogen) atoms. The second-order valence-corrected chi connectivity index (χ2v) is 6.93. The number of anilines is 1. The Kier molecular flexibility index (Phi) is 4.46. The van der Waals surface area contributed by atoms with Crippen molar-refractivity contribution in [3.05, 3.63) is 58.1 Å². The molecule has 2 rings (SSSR count). The number of rotatable bonds is 3. The van der Waals surface area contributed by atoms with Crippen LogP contribution in [0.2, 0.25) is 0 Å². The van der Waals surface area contributed by atoms with Crippen LogP contribution >= 0.6 is 15.9 Å². The third-order valence-electron chi connectivity index (χ3n) is 2.85. The van der Waals surface area contributed by atoms with Gasteiger partial charge in [0.2, 0.25) is 10.0 Å². The van der Waals surface area contributed by atoms with Gasteiger partial charge in [0, 0.05) is 15.7 Å². The molecule has 0 bridgehead atoms. The molecular formula is C14H13BrN2O3S. The number of primary sulfonamides is 1. The first-order valence-corrected chi connectivity index (χ1v) is 8.31. The number of hydrogen-bond donors (Lipinski definition) is 2. The summed E-state index contributed by atoms with van der Waals surface area (Å²) >= 11 is 3.30. The fourth-order valence-corrected chi connectivity index (χ4v) is 2.88. The fraction of sp³-hybridized carbons (Fsp3) is 0.0714. The van der Waals surface area contributed by atoms with Crippen molar-refractivity contribution in [2.24, 2.45) is 5.14 Å². The second-order valence-electron chi connectivity index (χ2n) is 4.49. The van der Waals surface area contributed by atoms with Crippen LogP contribution < -0.4 is 10.5 Å².